The van der Waals surface area contributed by atoms with E-state index in [9.17, 15) is 9.18 Å². The minimum absolute atomic E-state index is 0.125. The van der Waals surface area contributed by atoms with Crippen molar-refractivity contribution in [3.63, 3.8) is 0 Å². The second-order valence-electron chi connectivity index (χ2n) is 9.56. The Morgan fingerprint density at radius 2 is 1.90 bits per heavy atom. The predicted molar refractivity (Wildman–Crippen MR) is 118 cm³/mol. The Kier molecular flexibility index (Phi) is 4.73. The number of furan rings is 1. The molecular formula is C25H28FN3O2. The van der Waals surface area contributed by atoms with Crippen molar-refractivity contribution in [2.24, 2.45) is 5.92 Å². The molecule has 3 aliphatic rings. The molecular weight excluding hydrogens is 393 g/mol. The lowest BCUT2D eigenvalue weighted by Crippen LogP contribution is -2.47. The van der Waals surface area contributed by atoms with Gasteiger partial charge in [0, 0.05) is 61.8 Å². The van der Waals surface area contributed by atoms with Gasteiger partial charge in [0.05, 0.1) is 6.54 Å². The average Bonchev–Trinajstić information content (AvgIpc) is 3.35. The van der Waals surface area contributed by atoms with Crippen LogP contribution in [0.25, 0.3) is 11.0 Å². The number of alkyl halides is 1. The van der Waals surface area contributed by atoms with E-state index in [0.29, 0.717) is 31.3 Å². The molecule has 31 heavy (non-hydrogen) atoms. The molecule has 0 N–H and O–H groups in total. The fourth-order valence-corrected chi connectivity index (χ4v) is 5.84. The number of benzene rings is 1. The number of nitrogens with zero attached hydrogens (tertiary/aromatic N) is 3. The van der Waals surface area contributed by atoms with Gasteiger partial charge in [0.25, 0.3) is 5.56 Å². The largest absolute Gasteiger partial charge is 0.460 e. The molecule has 0 spiro atoms. The highest BCUT2D eigenvalue weighted by Gasteiger charge is 2.35. The second-order valence-corrected chi connectivity index (χ2v) is 9.56. The zero-order valence-electron chi connectivity index (χ0n) is 17.7. The molecule has 2 aromatic heterocycles. The van der Waals surface area contributed by atoms with E-state index in [4.69, 9.17) is 4.42 Å². The molecule has 6 rings (SSSR count). The number of para-hydroxylation sites is 1. The van der Waals surface area contributed by atoms with E-state index < -0.39 is 6.17 Å². The van der Waals surface area contributed by atoms with Crippen molar-refractivity contribution < 1.29 is 8.81 Å². The number of aromatic nitrogens is 1. The number of hydrogen-bond acceptors (Lipinski definition) is 4. The SMILES string of the molecule is O=c1c(CN2CC[C@H](F)C2)ccc2n1C[C@H]1C[C@@H]2CN(Cc2cc3ccccc3o2)C1. The lowest BCUT2D eigenvalue weighted by Gasteiger charge is -2.42. The number of pyridine rings is 1. The Hall–Kier alpha value is -2.44. The number of fused-ring (bicyclic) bond motifs is 5. The third-order valence-corrected chi connectivity index (χ3v) is 7.22. The van der Waals surface area contributed by atoms with Crippen LogP contribution in [0.15, 0.2) is 51.7 Å². The van der Waals surface area contributed by atoms with E-state index in [1.54, 1.807) is 0 Å². The summed E-state index contributed by atoms with van der Waals surface area (Å²) >= 11 is 0. The van der Waals surface area contributed by atoms with Gasteiger partial charge in [-0.15, -0.1) is 0 Å². The van der Waals surface area contributed by atoms with Gasteiger partial charge in [-0.2, -0.15) is 0 Å². The maximum atomic E-state index is 13.5. The van der Waals surface area contributed by atoms with Crippen LogP contribution in [-0.2, 0) is 19.6 Å². The first-order chi connectivity index (χ1) is 15.1. The van der Waals surface area contributed by atoms with E-state index in [2.05, 4.69) is 28.0 Å². The average molecular weight is 422 g/mol. The first kappa shape index (κ1) is 19.3. The molecule has 2 bridgehead atoms. The van der Waals surface area contributed by atoms with Crippen LogP contribution in [0.1, 0.15) is 35.8 Å². The molecule has 162 valence electrons. The number of piperidine rings is 1. The number of likely N-dealkylation sites (tertiary alicyclic amines) is 2. The monoisotopic (exact) mass is 421 g/mol. The van der Waals surface area contributed by atoms with Crippen LogP contribution in [0.5, 0.6) is 0 Å². The summed E-state index contributed by atoms with van der Waals surface area (Å²) in [5.41, 5.74) is 3.03. The summed E-state index contributed by atoms with van der Waals surface area (Å²) in [4.78, 5) is 17.7. The summed E-state index contributed by atoms with van der Waals surface area (Å²) in [6.45, 7) is 5.27. The van der Waals surface area contributed by atoms with Crippen molar-refractivity contribution in [3.05, 3.63) is 69.8 Å². The highest BCUT2D eigenvalue weighted by Crippen LogP contribution is 2.36. The standard InChI is InChI=1S/C25H28FN3O2/c26-21-7-8-27(15-21)13-19-5-6-23-20-9-17(12-29(23)25(19)30)11-28(14-20)16-22-10-18-3-1-2-4-24(18)31-22/h1-6,10,17,20-21H,7-9,11-16H2/t17-,20+,21-/m0/s1. The van der Waals surface area contributed by atoms with Gasteiger partial charge in [-0.05, 0) is 37.0 Å². The summed E-state index contributed by atoms with van der Waals surface area (Å²) in [7, 11) is 0. The summed E-state index contributed by atoms with van der Waals surface area (Å²) < 4.78 is 21.6. The Morgan fingerprint density at radius 1 is 1.00 bits per heavy atom. The number of rotatable bonds is 4. The third-order valence-electron chi connectivity index (χ3n) is 7.22. The predicted octanol–water partition coefficient (Wildman–Crippen LogP) is 3.76. The maximum absolute atomic E-state index is 13.5. The Labute approximate surface area is 181 Å². The molecule has 3 aromatic rings. The smallest absolute Gasteiger partial charge is 0.255 e. The third kappa shape index (κ3) is 3.62. The minimum Gasteiger partial charge on any atom is -0.460 e. The molecule has 2 saturated heterocycles. The lowest BCUT2D eigenvalue weighted by atomic mass is 9.83. The van der Waals surface area contributed by atoms with E-state index in [-0.39, 0.29) is 5.56 Å². The molecule has 0 amide bonds. The number of hydrogen-bond donors (Lipinski definition) is 0. The highest BCUT2D eigenvalue weighted by molar-refractivity contribution is 5.77. The lowest BCUT2D eigenvalue weighted by molar-refractivity contribution is 0.108. The summed E-state index contributed by atoms with van der Waals surface area (Å²) in [6, 6.07) is 14.4. The Balaban J connectivity index is 1.20. The minimum atomic E-state index is -0.752. The van der Waals surface area contributed by atoms with E-state index >= 15 is 0 Å². The zero-order chi connectivity index (χ0) is 20.9. The van der Waals surface area contributed by atoms with Crippen LogP contribution in [0.3, 0.4) is 0 Å². The molecule has 0 unspecified atom stereocenters. The van der Waals surface area contributed by atoms with Gasteiger partial charge < -0.3 is 8.98 Å². The second kappa shape index (κ2) is 7.61. The quantitative estimate of drug-likeness (QED) is 0.643. The molecule has 2 fully saturated rings. The van der Waals surface area contributed by atoms with Crippen LogP contribution in [0, 0.1) is 5.92 Å². The summed E-state index contributed by atoms with van der Waals surface area (Å²) in [5.74, 6) is 1.86. The van der Waals surface area contributed by atoms with Crippen LogP contribution in [-0.4, -0.2) is 46.7 Å². The van der Waals surface area contributed by atoms with Crippen LogP contribution in [0.4, 0.5) is 4.39 Å². The topological polar surface area (TPSA) is 41.6 Å². The molecule has 1 aromatic carbocycles. The van der Waals surface area contributed by atoms with Crippen molar-refractivity contribution in [1.29, 1.82) is 0 Å². The highest BCUT2D eigenvalue weighted by atomic mass is 19.1. The molecule has 6 heteroatoms. The van der Waals surface area contributed by atoms with Crippen molar-refractivity contribution in [3.8, 4) is 0 Å². The van der Waals surface area contributed by atoms with Crippen molar-refractivity contribution in [2.75, 3.05) is 26.2 Å². The first-order valence-corrected chi connectivity index (χ1v) is 11.4. The van der Waals surface area contributed by atoms with Gasteiger partial charge >= 0.3 is 0 Å². The van der Waals surface area contributed by atoms with Crippen molar-refractivity contribution in [1.82, 2.24) is 14.4 Å². The van der Waals surface area contributed by atoms with Crippen LogP contribution in [0.2, 0.25) is 0 Å². The fraction of sp³-hybridized carbons (Fsp3) is 0.480. The van der Waals surface area contributed by atoms with Gasteiger partial charge in [0.15, 0.2) is 0 Å². The van der Waals surface area contributed by atoms with Crippen molar-refractivity contribution in [2.45, 2.75) is 44.6 Å². The number of halogens is 1. The molecule has 5 heterocycles. The van der Waals surface area contributed by atoms with E-state index in [1.807, 2.05) is 28.8 Å². The molecule has 5 nitrogen and oxygen atoms in total. The molecule has 0 aliphatic carbocycles. The van der Waals surface area contributed by atoms with Crippen LogP contribution >= 0.6 is 0 Å². The first-order valence-electron chi connectivity index (χ1n) is 11.4. The molecule has 3 atom stereocenters. The summed E-state index contributed by atoms with van der Waals surface area (Å²) in [6.07, 6.45) is 0.972. The van der Waals surface area contributed by atoms with Gasteiger partial charge in [0.1, 0.15) is 17.5 Å². The van der Waals surface area contributed by atoms with Gasteiger partial charge in [-0.1, -0.05) is 24.3 Å². The van der Waals surface area contributed by atoms with E-state index in [0.717, 1.165) is 67.1 Å². The molecule has 0 radical (unpaired) electrons. The maximum Gasteiger partial charge on any atom is 0.255 e. The van der Waals surface area contributed by atoms with Gasteiger partial charge in [-0.3, -0.25) is 14.6 Å². The van der Waals surface area contributed by atoms with Crippen LogP contribution < -0.4 is 5.56 Å². The van der Waals surface area contributed by atoms with E-state index in [1.165, 1.54) is 0 Å². The van der Waals surface area contributed by atoms with Crippen molar-refractivity contribution >= 4 is 11.0 Å². The van der Waals surface area contributed by atoms with Gasteiger partial charge in [-0.25, -0.2) is 4.39 Å². The Bertz CT molecular complexity index is 1140. The zero-order valence-corrected chi connectivity index (χ0v) is 17.7. The normalized spacial score (nSPS) is 26.4. The molecule has 3 aliphatic heterocycles. The Morgan fingerprint density at radius 3 is 2.74 bits per heavy atom. The summed E-state index contributed by atoms with van der Waals surface area (Å²) in [5, 5.41) is 1.15. The molecule has 0 saturated carbocycles. The van der Waals surface area contributed by atoms with Gasteiger partial charge in [0.2, 0.25) is 0 Å². The fourth-order valence-electron chi connectivity index (χ4n) is 5.84.